The molecule has 0 N–H and O–H groups in total. The van der Waals surface area contributed by atoms with Crippen molar-refractivity contribution in [3.63, 3.8) is 0 Å². The zero-order chi connectivity index (χ0) is 16.8. The topological polar surface area (TPSA) is 29.5 Å². The van der Waals surface area contributed by atoms with Crippen LogP contribution in [0.25, 0.3) is 0 Å². The number of benzene rings is 1. The van der Waals surface area contributed by atoms with Gasteiger partial charge in [0.1, 0.15) is 0 Å². The molecule has 3 nitrogen and oxygen atoms in total. The Labute approximate surface area is 150 Å². The maximum atomic E-state index is 12.4. The SMILES string of the molecule is O=C(CC1CCCC1)N1CCC(COCc2ccc(Cl)cc2)CC1. The Balaban J connectivity index is 1.32. The number of hydrogen-bond acceptors (Lipinski definition) is 2. The van der Waals surface area contributed by atoms with Crippen LogP contribution in [0.4, 0.5) is 0 Å². The fourth-order valence-corrected chi connectivity index (χ4v) is 3.99. The zero-order valence-electron chi connectivity index (χ0n) is 14.4. The molecular weight excluding hydrogens is 322 g/mol. The van der Waals surface area contributed by atoms with Gasteiger partial charge in [0, 0.05) is 31.1 Å². The Morgan fingerprint density at radius 3 is 2.38 bits per heavy atom. The van der Waals surface area contributed by atoms with Gasteiger partial charge in [-0.05, 0) is 55.2 Å². The van der Waals surface area contributed by atoms with Crippen molar-refractivity contribution < 1.29 is 9.53 Å². The summed E-state index contributed by atoms with van der Waals surface area (Å²) < 4.78 is 5.86. The summed E-state index contributed by atoms with van der Waals surface area (Å²) in [7, 11) is 0. The molecule has 1 saturated heterocycles. The molecule has 0 aromatic heterocycles. The molecule has 3 rings (SSSR count). The van der Waals surface area contributed by atoms with E-state index in [1.165, 1.54) is 25.7 Å². The minimum atomic E-state index is 0.377. The molecular formula is C20H28ClNO2. The van der Waals surface area contributed by atoms with Gasteiger partial charge < -0.3 is 9.64 Å². The standard InChI is InChI=1S/C20H28ClNO2/c21-19-7-5-17(6-8-19)14-24-15-18-9-11-22(12-10-18)20(23)13-16-3-1-2-4-16/h5-8,16,18H,1-4,9-15H2. The van der Waals surface area contributed by atoms with E-state index in [9.17, 15) is 4.79 Å². The molecule has 24 heavy (non-hydrogen) atoms. The second-order valence-electron chi connectivity index (χ2n) is 7.32. The van der Waals surface area contributed by atoms with Crippen LogP contribution >= 0.6 is 11.6 Å². The van der Waals surface area contributed by atoms with E-state index in [2.05, 4.69) is 4.90 Å². The van der Waals surface area contributed by atoms with Gasteiger partial charge >= 0.3 is 0 Å². The van der Waals surface area contributed by atoms with Crippen molar-refractivity contribution in [2.45, 2.75) is 51.6 Å². The molecule has 1 aliphatic heterocycles. The summed E-state index contributed by atoms with van der Waals surface area (Å²) in [4.78, 5) is 14.4. The normalized spacial score (nSPS) is 19.8. The molecule has 0 unspecified atom stereocenters. The number of hydrogen-bond donors (Lipinski definition) is 0. The molecule has 1 aromatic carbocycles. The number of carbonyl (C=O) groups excluding carboxylic acids is 1. The van der Waals surface area contributed by atoms with Crippen LogP contribution in [0, 0.1) is 11.8 Å². The summed E-state index contributed by atoms with van der Waals surface area (Å²) in [5.41, 5.74) is 1.16. The molecule has 0 bridgehead atoms. The Bertz CT molecular complexity index is 517. The maximum Gasteiger partial charge on any atom is 0.222 e. The highest BCUT2D eigenvalue weighted by Gasteiger charge is 2.26. The third-order valence-corrected chi connectivity index (χ3v) is 5.69. The van der Waals surface area contributed by atoms with E-state index in [1.807, 2.05) is 24.3 Å². The van der Waals surface area contributed by atoms with Gasteiger partial charge in [-0.3, -0.25) is 4.79 Å². The van der Waals surface area contributed by atoms with E-state index in [4.69, 9.17) is 16.3 Å². The van der Waals surface area contributed by atoms with Gasteiger partial charge in [0.05, 0.1) is 6.61 Å². The predicted octanol–water partition coefficient (Wildman–Crippen LogP) is 4.68. The van der Waals surface area contributed by atoms with Crippen LogP contribution in [0.15, 0.2) is 24.3 Å². The largest absolute Gasteiger partial charge is 0.376 e. The average Bonchev–Trinajstić information content (AvgIpc) is 3.10. The molecule has 132 valence electrons. The first-order chi connectivity index (χ1) is 11.7. The van der Waals surface area contributed by atoms with Crippen LogP contribution in [0.2, 0.25) is 5.02 Å². The molecule has 1 aliphatic carbocycles. The van der Waals surface area contributed by atoms with Crippen LogP contribution in [0.5, 0.6) is 0 Å². The third-order valence-electron chi connectivity index (χ3n) is 5.44. The fourth-order valence-electron chi connectivity index (χ4n) is 3.86. The van der Waals surface area contributed by atoms with E-state index in [1.54, 1.807) is 0 Å². The summed E-state index contributed by atoms with van der Waals surface area (Å²) >= 11 is 5.89. The highest BCUT2D eigenvalue weighted by molar-refractivity contribution is 6.30. The minimum Gasteiger partial charge on any atom is -0.376 e. The first kappa shape index (κ1) is 17.8. The predicted molar refractivity (Wildman–Crippen MR) is 97.0 cm³/mol. The third kappa shape index (κ3) is 5.22. The highest BCUT2D eigenvalue weighted by Crippen LogP contribution is 2.29. The second kappa shape index (κ2) is 8.87. The minimum absolute atomic E-state index is 0.377. The molecule has 2 aliphatic rings. The van der Waals surface area contributed by atoms with Crippen LogP contribution < -0.4 is 0 Å². The summed E-state index contributed by atoms with van der Waals surface area (Å²) in [6, 6.07) is 7.81. The number of nitrogens with zero attached hydrogens (tertiary/aromatic N) is 1. The Morgan fingerprint density at radius 2 is 1.71 bits per heavy atom. The van der Waals surface area contributed by atoms with Crippen molar-refractivity contribution in [3.05, 3.63) is 34.9 Å². The van der Waals surface area contributed by atoms with Crippen molar-refractivity contribution >= 4 is 17.5 Å². The van der Waals surface area contributed by atoms with E-state index in [0.717, 1.165) is 49.5 Å². The van der Waals surface area contributed by atoms with Crippen molar-refractivity contribution in [1.29, 1.82) is 0 Å². The Hall–Kier alpha value is -1.06. The summed E-state index contributed by atoms with van der Waals surface area (Å²) in [6.45, 7) is 3.23. The van der Waals surface area contributed by atoms with Gasteiger partial charge in [0.25, 0.3) is 0 Å². The van der Waals surface area contributed by atoms with E-state index < -0.39 is 0 Å². The highest BCUT2D eigenvalue weighted by atomic mass is 35.5. The number of amides is 1. The zero-order valence-corrected chi connectivity index (χ0v) is 15.1. The Morgan fingerprint density at radius 1 is 1.04 bits per heavy atom. The lowest BCUT2D eigenvalue weighted by molar-refractivity contribution is -0.133. The number of halogens is 1. The van der Waals surface area contributed by atoms with Gasteiger partial charge in [-0.1, -0.05) is 36.6 Å². The van der Waals surface area contributed by atoms with E-state index in [0.29, 0.717) is 24.3 Å². The van der Waals surface area contributed by atoms with Crippen LogP contribution in [0.1, 0.15) is 50.5 Å². The van der Waals surface area contributed by atoms with Gasteiger partial charge in [-0.25, -0.2) is 0 Å². The van der Waals surface area contributed by atoms with Crippen LogP contribution in [0.3, 0.4) is 0 Å². The number of carbonyl (C=O) groups is 1. The van der Waals surface area contributed by atoms with Crippen molar-refractivity contribution in [1.82, 2.24) is 4.90 Å². The first-order valence-electron chi connectivity index (χ1n) is 9.30. The van der Waals surface area contributed by atoms with Crippen molar-refractivity contribution in [2.24, 2.45) is 11.8 Å². The number of ether oxygens (including phenoxy) is 1. The average molecular weight is 350 g/mol. The van der Waals surface area contributed by atoms with Gasteiger partial charge in [0.15, 0.2) is 0 Å². The fraction of sp³-hybridized carbons (Fsp3) is 0.650. The van der Waals surface area contributed by atoms with Crippen LogP contribution in [-0.4, -0.2) is 30.5 Å². The molecule has 4 heteroatoms. The van der Waals surface area contributed by atoms with Gasteiger partial charge in [-0.2, -0.15) is 0 Å². The van der Waals surface area contributed by atoms with Crippen molar-refractivity contribution in [2.75, 3.05) is 19.7 Å². The first-order valence-corrected chi connectivity index (χ1v) is 9.68. The lowest BCUT2D eigenvalue weighted by Crippen LogP contribution is -2.40. The molecule has 1 amide bonds. The number of piperidine rings is 1. The second-order valence-corrected chi connectivity index (χ2v) is 7.76. The lowest BCUT2D eigenvalue weighted by atomic mass is 9.96. The molecule has 1 aromatic rings. The van der Waals surface area contributed by atoms with E-state index in [-0.39, 0.29) is 0 Å². The maximum absolute atomic E-state index is 12.4. The molecule has 0 atom stereocenters. The molecule has 0 radical (unpaired) electrons. The Kier molecular flexibility index (Phi) is 6.56. The van der Waals surface area contributed by atoms with Gasteiger partial charge in [-0.15, -0.1) is 0 Å². The quantitative estimate of drug-likeness (QED) is 0.746. The van der Waals surface area contributed by atoms with Crippen LogP contribution in [-0.2, 0) is 16.1 Å². The summed E-state index contributed by atoms with van der Waals surface area (Å²) in [5.74, 6) is 1.60. The summed E-state index contributed by atoms with van der Waals surface area (Å²) in [6.07, 6.45) is 8.03. The summed E-state index contributed by atoms with van der Waals surface area (Å²) in [5, 5.41) is 0.758. The monoisotopic (exact) mass is 349 g/mol. The molecule has 0 spiro atoms. The number of rotatable bonds is 6. The molecule has 2 fully saturated rings. The molecule has 1 heterocycles. The smallest absolute Gasteiger partial charge is 0.222 e. The number of likely N-dealkylation sites (tertiary alicyclic amines) is 1. The van der Waals surface area contributed by atoms with Crippen molar-refractivity contribution in [3.8, 4) is 0 Å². The lowest BCUT2D eigenvalue weighted by Gasteiger charge is -2.32. The molecule has 1 saturated carbocycles. The van der Waals surface area contributed by atoms with Gasteiger partial charge in [0.2, 0.25) is 5.91 Å². The van der Waals surface area contributed by atoms with E-state index >= 15 is 0 Å².